The minimum absolute atomic E-state index is 0.150. The van der Waals surface area contributed by atoms with Crippen molar-refractivity contribution in [3.63, 3.8) is 0 Å². The van der Waals surface area contributed by atoms with Gasteiger partial charge < -0.3 is 10.2 Å². The fourth-order valence-electron chi connectivity index (χ4n) is 4.77. The zero-order valence-corrected chi connectivity index (χ0v) is 21.2. The van der Waals surface area contributed by atoms with Gasteiger partial charge in [-0.05, 0) is 63.1 Å². The van der Waals surface area contributed by atoms with Gasteiger partial charge in [0.05, 0.1) is 28.8 Å². The molecule has 0 unspecified atom stereocenters. The van der Waals surface area contributed by atoms with Gasteiger partial charge in [0.1, 0.15) is 0 Å². The van der Waals surface area contributed by atoms with Crippen molar-refractivity contribution in [2.24, 2.45) is 0 Å². The summed E-state index contributed by atoms with van der Waals surface area (Å²) in [5.41, 5.74) is 5.27. The van der Waals surface area contributed by atoms with E-state index in [4.69, 9.17) is 4.98 Å². The highest BCUT2D eigenvalue weighted by molar-refractivity contribution is 6.08. The van der Waals surface area contributed by atoms with E-state index < -0.39 is 0 Å². The van der Waals surface area contributed by atoms with Gasteiger partial charge in [0.15, 0.2) is 5.65 Å². The van der Waals surface area contributed by atoms with E-state index in [9.17, 15) is 4.79 Å². The average Bonchev–Trinajstić information content (AvgIpc) is 3.31. The second-order valence-corrected chi connectivity index (χ2v) is 9.62. The molecule has 0 atom stereocenters. The van der Waals surface area contributed by atoms with Gasteiger partial charge in [0.2, 0.25) is 0 Å². The molecule has 8 heteroatoms. The van der Waals surface area contributed by atoms with Crippen LogP contribution in [0.3, 0.4) is 0 Å². The molecule has 36 heavy (non-hydrogen) atoms. The number of anilines is 2. The number of amides is 1. The third-order valence-corrected chi connectivity index (χ3v) is 6.82. The standard InChI is InChI=1S/C28H33N7O/c1-20(2)35-27-23(19-30-35)18-24(21(3)31-27)28(36)32-25-6-4-5-7-26(25)34-16-14-33(15-17-34)13-10-22-8-11-29-12-9-22/h4-9,11-12,18-20H,10,13-17H2,1-3H3,(H,32,36). The van der Waals surface area contributed by atoms with Gasteiger partial charge in [-0.25, -0.2) is 9.67 Å². The summed E-state index contributed by atoms with van der Waals surface area (Å²) in [6.45, 7) is 10.9. The first-order chi connectivity index (χ1) is 17.5. The van der Waals surface area contributed by atoms with Crippen LogP contribution in [0.1, 0.15) is 41.5 Å². The Morgan fingerprint density at radius 1 is 1.06 bits per heavy atom. The monoisotopic (exact) mass is 483 g/mol. The molecule has 1 aromatic carbocycles. The molecule has 8 nitrogen and oxygen atoms in total. The number of carbonyl (C=O) groups excluding carboxylic acids is 1. The van der Waals surface area contributed by atoms with Gasteiger partial charge in [-0.2, -0.15) is 5.10 Å². The molecular formula is C28H33N7O. The Balaban J connectivity index is 1.26. The van der Waals surface area contributed by atoms with Crippen LogP contribution >= 0.6 is 0 Å². The number of benzene rings is 1. The number of nitrogens with one attached hydrogen (secondary N) is 1. The Morgan fingerprint density at radius 2 is 1.81 bits per heavy atom. The summed E-state index contributed by atoms with van der Waals surface area (Å²) in [5, 5.41) is 8.46. The second kappa shape index (κ2) is 10.5. The maximum atomic E-state index is 13.3. The van der Waals surface area contributed by atoms with E-state index in [0.717, 1.165) is 61.6 Å². The van der Waals surface area contributed by atoms with Crippen molar-refractivity contribution < 1.29 is 4.79 Å². The predicted molar refractivity (Wildman–Crippen MR) is 144 cm³/mol. The van der Waals surface area contributed by atoms with Crippen molar-refractivity contribution in [2.75, 3.05) is 42.9 Å². The molecule has 186 valence electrons. The molecule has 5 rings (SSSR count). The minimum atomic E-state index is -0.150. The summed E-state index contributed by atoms with van der Waals surface area (Å²) in [6, 6.07) is 14.3. The van der Waals surface area contributed by atoms with Crippen molar-refractivity contribution in [2.45, 2.75) is 33.2 Å². The number of piperazine rings is 1. The molecule has 1 saturated heterocycles. The van der Waals surface area contributed by atoms with E-state index in [2.05, 4.69) is 57.2 Å². The smallest absolute Gasteiger partial charge is 0.257 e. The summed E-state index contributed by atoms with van der Waals surface area (Å²) >= 11 is 0. The topological polar surface area (TPSA) is 79.2 Å². The van der Waals surface area contributed by atoms with E-state index in [0.29, 0.717) is 11.3 Å². The van der Waals surface area contributed by atoms with Crippen molar-refractivity contribution in [1.29, 1.82) is 0 Å². The number of rotatable bonds is 7. The lowest BCUT2D eigenvalue weighted by Gasteiger charge is -2.37. The summed E-state index contributed by atoms with van der Waals surface area (Å²) < 4.78 is 1.88. The highest BCUT2D eigenvalue weighted by atomic mass is 16.1. The predicted octanol–water partition coefficient (Wildman–Crippen LogP) is 4.33. The van der Waals surface area contributed by atoms with Crippen LogP contribution in [0.2, 0.25) is 0 Å². The Bertz CT molecular complexity index is 1340. The van der Waals surface area contributed by atoms with E-state index in [1.165, 1.54) is 5.56 Å². The molecule has 4 aromatic rings. The quantitative estimate of drug-likeness (QED) is 0.422. The van der Waals surface area contributed by atoms with E-state index in [-0.39, 0.29) is 11.9 Å². The number of carbonyl (C=O) groups is 1. The van der Waals surface area contributed by atoms with Gasteiger partial charge >= 0.3 is 0 Å². The van der Waals surface area contributed by atoms with Gasteiger partial charge in [0, 0.05) is 56.5 Å². The van der Waals surface area contributed by atoms with Gasteiger partial charge in [-0.15, -0.1) is 0 Å². The van der Waals surface area contributed by atoms with E-state index in [1.807, 2.05) is 48.3 Å². The van der Waals surface area contributed by atoms with Gasteiger partial charge in [-0.3, -0.25) is 14.7 Å². The first-order valence-corrected chi connectivity index (χ1v) is 12.6. The molecule has 0 saturated carbocycles. The molecule has 1 aliphatic rings. The number of aromatic nitrogens is 4. The fourth-order valence-corrected chi connectivity index (χ4v) is 4.77. The Morgan fingerprint density at radius 3 is 2.56 bits per heavy atom. The Hall–Kier alpha value is -3.78. The average molecular weight is 484 g/mol. The van der Waals surface area contributed by atoms with Crippen molar-refractivity contribution in [3.8, 4) is 0 Å². The Kier molecular flexibility index (Phi) is 6.95. The number of hydrogen-bond donors (Lipinski definition) is 1. The van der Waals surface area contributed by atoms with Crippen molar-refractivity contribution in [3.05, 3.63) is 77.9 Å². The SMILES string of the molecule is Cc1nc2c(cnn2C(C)C)cc1C(=O)Nc1ccccc1N1CCN(CCc2ccncc2)CC1. The number of fused-ring (bicyclic) bond motifs is 1. The van der Waals surface area contributed by atoms with Crippen LogP contribution in [0.4, 0.5) is 11.4 Å². The number of nitrogens with zero attached hydrogens (tertiary/aromatic N) is 6. The van der Waals surface area contributed by atoms with Crippen LogP contribution in [-0.4, -0.2) is 63.3 Å². The van der Waals surface area contributed by atoms with Crippen LogP contribution < -0.4 is 10.2 Å². The maximum absolute atomic E-state index is 13.3. The van der Waals surface area contributed by atoms with Crippen LogP contribution in [-0.2, 0) is 6.42 Å². The van der Waals surface area contributed by atoms with Crippen LogP contribution in [0.15, 0.2) is 61.1 Å². The lowest BCUT2D eigenvalue weighted by Crippen LogP contribution is -2.47. The molecule has 4 heterocycles. The first kappa shape index (κ1) is 23.9. The maximum Gasteiger partial charge on any atom is 0.257 e. The fraction of sp³-hybridized carbons (Fsp3) is 0.357. The summed E-state index contributed by atoms with van der Waals surface area (Å²) in [6.07, 6.45) is 6.52. The van der Waals surface area contributed by atoms with Crippen LogP contribution in [0, 0.1) is 6.92 Å². The zero-order chi connectivity index (χ0) is 25.1. The van der Waals surface area contributed by atoms with Crippen molar-refractivity contribution >= 4 is 28.3 Å². The first-order valence-electron chi connectivity index (χ1n) is 12.6. The molecule has 1 aliphatic heterocycles. The zero-order valence-electron chi connectivity index (χ0n) is 21.2. The molecule has 0 bridgehead atoms. The summed E-state index contributed by atoms with van der Waals surface area (Å²) in [4.78, 5) is 27.0. The number of aryl methyl sites for hydroxylation is 1. The molecule has 1 N–H and O–H groups in total. The van der Waals surface area contributed by atoms with Gasteiger partial charge in [0.25, 0.3) is 5.91 Å². The third kappa shape index (κ3) is 5.09. The second-order valence-electron chi connectivity index (χ2n) is 9.62. The Labute approximate surface area is 212 Å². The molecule has 0 radical (unpaired) electrons. The normalized spacial score (nSPS) is 14.5. The number of para-hydroxylation sites is 2. The highest BCUT2D eigenvalue weighted by Crippen LogP contribution is 2.28. The third-order valence-electron chi connectivity index (χ3n) is 6.82. The minimum Gasteiger partial charge on any atom is -0.367 e. The number of pyridine rings is 2. The van der Waals surface area contributed by atoms with Gasteiger partial charge in [-0.1, -0.05) is 12.1 Å². The lowest BCUT2D eigenvalue weighted by atomic mass is 10.1. The van der Waals surface area contributed by atoms with Crippen molar-refractivity contribution in [1.82, 2.24) is 24.6 Å². The molecule has 0 spiro atoms. The summed E-state index contributed by atoms with van der Waals surface area (Å²) in [5.74, 6) is -0.150. The molecular weight excluding hydrogens is 450 g/mol. The lowest BCUT2D eigenvalue weighted by molar-refractivity contribution is 0.102. The highest BCUT2D eigenvalue weighted by Gasteiger charge is 2.21. The van der Waals surface area contributed by atoms with E-state index in [1.54, 1.807) is 6.20 Å². The molecule has 1 fully saturated rings. The molecule has 1 amide bonds. The number of hydrogen-bond acceptors (Lipinski definition) is 6. The van der Waals surface area contributed by atoms with Crippen LogP contribution in [0.25, 0.3) is 11.0 Å². The largest absolute Gasteiger partial charge is 0.367 e. The molecule has 3 aromatic heterocycles. The molecule has 0 aliphatic carbocycles. The summed E-state index contributed by atoms with van der Waals surface area (Å²) in [7, 11) is 0. The van der Waals surface area contributed by atoms with Crippen LogP contribution in [0.5, 0.6) is 0 Å². The van der Waals surface area contributed by atoms with E-state index >= 15 is 0 Å².